The van der Waals surface area contributed by atoms with Crippen molar-refractivity contribution in [2.45, 2.75) is 13.0 Å². The largest absolute Gasteiger partial charge is 0.309 e. The lowest BCUT2D eigenvalue weighted by Crippen LogP contribution is -2.27. The first-order chi connectivity index (χ1) is 8.99. The standard InChI is InChI=1S/C14H18N2O2S/c1-3-15-14(10-19(2,17)18)12-7-6-11-5-4-8-16-13(11)9-12/h4-9,14-15H,3,10H2,1-2H3. The van der Waals surface area contributed by atoms with Crippen LogP contribution in [0.15, 0.2) is 36.5 Å². The van der Waals surface area contributed by atoms with Gasteiger partial charge in [-0.15, -0.1) is 0 Å². The van der Waals surface area contributed by atoms with Crippen molar-refractivity contribution >= 4 is 20.7 Å². The summed E-state index contributed by atoms with van der Waals surface area (Å²) in [4.78, 5) is 4.30. The zero-order valence-electron chi connectivity index (χ0n) is 11.1. The summed E-state index contributed by atoms with van der Waals surface area (Å²) in [7, 11) is -3.03. The van der Waals surface area contributed by atoms with Gasteiger partial charge in [0.2, 0.25) is 0 Å². The maximum Gasteiger partial charge on any atom is 0.149 e. The Labute approximate surface area is 113 Å². The van der Waals surface area contributed by atoms with E-state index < -0.39 is 9.84 Å². The van der Waals surface area contributed by atoms with Crippen molar-refractivity contribution in [3.63, 3.8) is 0 Å². The minimum Gasteiger partial charge on any atom is -0.309 e. The summed E-state index contributed by atoms with van der Waals surface area (Å²) in [6, 6.07) is 9.58. The molecule has 0 spiro atoms. The molecule has 0 aliphatic carbocycles. The molecule has 1 N–H and O–H groups in total. The molecule has 1 aromatic heterocycles. The molecule has 5 heteroatoms. The van der Waals surface area contributed by atoms with Crippen LogP contribution in [0.5, 0.6) is 0 Å². The molecular formula is C14H18N2O2S. The number of rotatable bonds is 5. The van der Waals surface area contributed by atoms with Crippen molar-refractivity contribution in [3.8, 4) is 0 Å². The molecule has 1 unspecified atom stereocenters. The summed E-state index contributed by atoms with van der Waals surface area (Å²) in [6.07, 6.45) is 3.00. The van der Waals surface area contributed by atoms with Crippen LogP contribution in [0.2, 0.25) is 0 Å². The molecule has 0 saturated heterocycles. The Balaban J connectivity index is 2.38. The van der Waals surface area contributed by atoms with E-state index in [4.69, 9.17) is 0 Å². The Morgan fingerprint density at radius 2 is 2.11 bits per heavy atom. The van der Waals surface area contributed by atoms with Crippen LogP contribution in [-0.2, 0) is 9.84 Å². The van der Waals surface area contributed by atoms with Gasteiger partial charge in [0, 0.05) is 23.9 Å². The van der Waals surface area contributed by atoms with Crippen molar-refractivity contribution in [1.29, 1.82) is 0 Å². The van der Waals surface area contributed by atoms with E-state index in [-0.39, 0.29) is 11.8 Å². The number of pyridine rings is 1. The molecule has 4 nitrogen and oxygen atoms in total. The second-order valence-electron chi connectivity index (χ2n) is 4.66. The summed E-state index contributed by atoms with van der Waals surface area (Å²) < 4.78 is 23.0. The molecule has 1 atom stereocenters. The minimum atomic E-state index is -3.03. The van der Waals surface area contributed by atoms with Gasteiger partial charge in [-0.25, -0.2) is 8.42 Å². The normalized spacial score (nSPS) is 13.6. The molecule has 19 heavy (non-hydrogen) atoms. The lowest BCUT2D eigenvalue weighted by atomic mass is 10.1. The van der Waals surface area contributed by atoms with Crippen molar-refractivity contribution in [2.24, 2.45) is 0 Å². The molecule has 0 saturated carbocycles. The molecule has 2 rings (SSSR count). The zero-order chi connectivity index (χ0) is 13.9. The second kappa shape index (κ2) is 5.67. The fourth-order valence-electron chi connectivity index (χ4n) is 2.12. The van der Waals surface area contributed by atoms with Crippen molar-refractivity contribution in [2.75, 3.05) is 18.6 Å². The van der Waals surface area contributed by atoms with Crippen molar-refractivity contribution in [3.05, 3.63) is 42.1 Å². The number of hydrogen-bond donors (Lipinski definition) is 1. The molecule has 1 aromatic carbocycles. The number of sulfone groups is 1. The Morgan fingerprint density at radius 3 is 2.79 bits per heavy atom. The third-order valence-electron chi connectivity index (χ3n) is 2.95. The third kappa shape index (κ3) is 3.75. The minimum absolute atomic E-state index is 0.0964. The van der Waals surface area contributed by atoms with Gasteiger partial charge in [-0.1, -0.05) is 25.1 Å². The number of fused-ring (bicyclic) bond motifs is 1. The molecule has 0 radical (unpaired) electrons. The summed E-state index contributed by atoms with van der Waals surface area (Å²) in [5.74, 6) is 0.0964. The first kappa shape index (κ1) is 14.0. The summed E-state index contributed by atoms with van der Waals surface area (Å²) in [5, 5.41) is 4.27. The summed E-state index contributed by atoms with van der Waals surface area (Å²) >= 11 is 0. The van der Waals surface area contributed by atoms with Crippen LogP contribution in [0, 0.1) is 0 Å². The van der Waals surface area contributed by atoms with Crippen LogP contribution < -0.4 is 5.32 Å². The van der Waals surface area contributed by atoms with Gasteiger partial charge in [-0.05, 0) is 24.2 Å². The maximum absolute atomic E-state index is 11.5. The van der Waals surface area contributed by atoms with Crippen molar-refractivity contribution < 1.29 is 8.42 Å². The predicted molar refractivity (Wildman–Crippen MR) is 77.9 cm³/mol. The van der Waals surface area contributed by atoms with E-state index in [2.05, 4.69) is 10.3 Å². The highest BCUT2D eigenvalue weighted by Gasteiger charge is 2.16. The molecule has 0 amide bonds. The molecular weight excluding hydrogens is 260 g/mol. The Kier molecular flexibility index (Phi) is 4.17. The Bertz CT molecular complexity index is 668. The van der Waals surface area contributed by atoms with Crippen LogP contribution in [0.3, 0.4) is 0 Å². The SMILES string of the molecule is CCNC(CS(C)(=O)=O)c1ccc2cccnc2c1. The van der Waals surface area contributed by atoms with E-state index in [9.17, 15) is 8.42 Å². The average Bonchev–Trinajstić information content (AvgIpc) is 2.36. The molecule has 1 heterocycles. The smallest absolute Gasteiger partial charge is 0.149 e. The first-order valence-electron chi connectivity index (χ1n) is 6.25. The average molecular weight is 278 g/mol. The quantitative estimate of drug-likeness (QED) is 0.908. The summed E-state index contributed by atoms with van der Waals surface area (Å²) in [6.45, 7) is 2.69. The molecule has 0 aliphatic heterocycles. The fraction of sp³-hybridized carbons (Fsp3) is 0.357. The number of nitrogens with one attached hydrogen (secondary N) is 1. The van der Waals surface area contributed by atoms with Gasteiger partial charge in [0.05, 0.1) is 11.3 Å². The van der Waals surface area contributed by atoms with E-state index in [1.807, 2.05) is 37.3 Å². The zero-order valence-corrected chi connectivity index (χ0v) is 11.9. The van der Waals surface area contributed by atoms with Crippen LogP contribution in [0.4, 0.5) is 0 Å². The van der Waals surface area contributed by atoms with Crippen LogP contribution in [0.25, 0.3) is 10.9 Å². The number of hydrogen-bond acceptors (Lipinski definition) is 4. The second-order valence-corrected chi connectivity index (χ2v) is 6.84. The number of aromatic nitrogens is 1. The van der Waals surface area contributed by atoms with Gasteiger partial charge in [0.1, 0.15) is 9.84 Å². The van der Waals surface area contributed by atoms with Crippen LogP contribution >= 0.6 is 0 Å². The van der Waals surface area contributed by atoms with E-state index in [1.165, 1.54) is 6.26 Å². The topological polar surface area (TPSA) is 59.1 Å². The highest BCUT2D eigenvalue weighted by molar-refractivity contribution is 7.90. The number of benzene rings is 1. The van der Waals surface area contributed by atoms with Gasteiger partial charge in [-0.2, -0.15) is 0 Å². The van der Waals surface area contributed by atoms with Crippen molar-refractivity contribution in [1.82, 2.24) is 10.3 Å². The third-order valence-corrected chi connectivity index (χ3v) is 3.89. The van der Waals surface area contributed by atoms with Crippen LogP contribution in [0.1, 0.15) is 18.5 Å². The van der Waals surface area contributed by atoms with Crippen LogP contribution in [-0.4, -0.2) is 32.0 Å². The van der Waals surface area contributed by atoms with E-state index in [0.29, 0.717) is 0 Å². The van der Waals surface area contributed by atoms with Gasteiger partial charge >= 0.3 is 0 Å². The van der Waals surface area contributed by atoms with Gasteiger partial charge in [0.25, 0.3) is 0 Å². The molecule has 2 aromatic rings. The molecule has 0 bridgehead atoms. The first-order valence-corrected chi connectivity index (χ1v) is 8.31. The monoisotopic (exact) mass is 278 g/mol. The lowest BCUT2D eigenvalue weighted by molar-refractivity contribution is 0.563. The van der Waals surface area contributed by atoms with E-state index in [0.717, 1.165) is 23.0 Å². The van der Waals surface area contributed by atoms with E-state index >= 15 is 0 Å². The van der Waals surface area contributed by atoms with Gasteiger partial charge < -0.3 is 5.32 Å². The van der Waals surface area contributed by atoms with Gasteiger partial charge in [-0.3, -0.25) is 4.98 Å². The highest BCUT2D eigenvalue weighted by Crippen LogP contribution is 2.20. The lowest BCUT2D eigenvalue weighted by Gasteiger charge is -2.17. The molecule has 102 valence electrons. The van der Waals surface area contributed by atoms with E-state index in [1.54, 1.807) is 6.20 Å². The molecule has 0 fully saturated rings. The Hall–Kier alpha value is -1.46. The predicted octanol–water partition coefficient (Wildman–Crippen LogP) is 1.93. The Morgan fingerprint density at radius 1 is 1.32 bits per heavy atom. The van der Waals surface area contributed by atoms with Gasteiger partial charge in [0.15, 0.2) is 0 Å². The molecule has 0 aliphatic rings. The highest BCUT2D eigenvalue weighted by atomic mass is 32.2. The summed E-state index contributed by atoms with van der Waals surface area (Å²) in [5.41, 5.74) is 1.84. The fourth-order valence-corrected chi connectivity index (χ4v) is 3.04. The number of nitrogens with zero attached hydrogens (tertiary/aromatic N) is 1. The maximum atomic E-state index is 11.5.